The summed E-state index contributed by atoms with van der Waals surface area (Å²) in [6.07, 6.45) is 1.35. The van der Waals surface area contributed by atoms with Gasteiger partial charge >= 0.3 is 6.09 Å². The number of hydrogen-bond acceptors (Lipinski definition) is 8. The lowest BCUT2D eigenvalue weighted by atomic mass is 10.1. The molecule has 1 aromatic heterocycles. The van der Waals surface area contributed by atoms with Gasteiger partial charge < -0.3 is 14.4 Å². The fourth-order valence-corrected chi connectivity index (χ4v) is 3.81. The number of halogens is 1. The zero-order chi connectivity index (χ0) is 23.4. The highest BCUT2D eigenvalue weighted by Crippen LogP contribution is 2.29. The van der Waals surface area contributed by atoms with Gasteiger partial charge in [-0.05, 0) is 31.5 Å². The number of amides is 2. The normalized spacial score (nSPS) is 18.9. The fourth-order valence-electron chi connectivity index (χ4n) is 3.81. The van der Waals surface area contributed by atoms with Crippen LogP contribution < -0.4 is 9.80 Å². The highest BCUT2D eigenvalue weighted by molar-refractivity contribution is 5.90. The van der Waals surface area contributed by atoms with Crippen LogP contribution >= 0.6 is 0 Å². The number of rotatable bonds is 7. The first-order valence-electron chi connectivity index (χ1n) is 10.7. The van der Waals surface area contributed by atoms with Gasteiger partial charge in [0.25, 0.3) is 5.91 Å². The molecule has 1 N–H and O–H groups in total. The number of carbonyl (C=O) groups is 3. The first-order valence-corrected chi connectivity index (χ1v) is 10.7. The zero-order valence-electron chi connectivity index (χ0n) is 18.2. The Hall–Kier alpha value is -3.54. The number of benzene rings is 1. The van der Waals surface area contributed by atoms with E-state index in [4.69, 9.17) is 9.57 Å². The molecule has 0 bridgehead atoms. The van der Waals surface area contributed by atoms with Crippen LogP contribution in [0.4, 0.5) is 20.6 Å². The van der Waals surface area contributed by atoms with Crippen molar-refractivity contribution in [1.29, 1.82) is 0 Å². The summed E-state index contributed by atoms with van der Waals surface area (Å²) in [4.78, 5) is 44.5. The highest BCUT2D eigenvalue weighted by Gasteiger charge is 2.33. The number of aromatic amines is 1. The second kappa shape index (κ2) is 9.94. The third-order valence-electron chi connectivity index (χ3n) is 5.53. The third-order valence-corrected chi connectivity index (χ3v) is 5.53. The molecule has 2 fully saturated rings. The molecule has 1 atom stereocenters. The molecule has 11 nitrogen and oxygen atoms in total. The van der Waals surface area contributed by atoms with Crippen LogP contribution in [0.3, 0.4) is 0 Å². The number of aromatic nitrogens is 3. The van der Waals surface area contributed by atoms with Gasteiger partial charge in [-0.15, -0.1) is 0 Å². The standard InChI is InChI=1S/C21H25FN6O5/c1-14(29)2-4-17-13-27(21(31)33-17)16-3-5-19(18(22)11-16)26-6-7-28(32-9-8-26)20(30)10-15-12-23-25-24-15/h3,5,11-12,17H,2,4,6-10,13H2,1H3,(H,23,24,25)/t17-/m0/s1. The van der Waals surface area contributed by atoms with Gasteiger partial charge in [0.2, 0.25) is 0 Å². The summed E-state index contributed by atoms with van der Waals surface area (Å²) < 4.78 is 20.3. The molecule has 0 radical (unpaired) electrons. The summed E-state index contributed by atoms with van der Waals surface area (Å²) in [5.41, 5.74) is 1.26. The van der Waals surface area contributed by atoms with E-state index < -0.39 is 18.0 Å². The van der Waals surface area contributed by atoms with Gasteiger partial charge in [0.05, 0.1) is 49.4 Å². The number of hydroxylamine groups is 2. The molecule has 0 unspecified atom stereocenters. The number of H-pyrrole nitrogens is 1. The number of nitrogens with zero attached hydrogens (tertiary/aromatic N) is 5. The lowest BCUT2D eigenvalue weighted by Gasteiger charge is -2.24. The Kier molecular flexibility index (Phi) is 6.82. The maximum atomic E-state index is 15.0. The summed E-state index contributed by atoms with van der Waals surface area (Å²) in [5, 5.41) is 11.3. The Morgan fingerprint density at radius 2 is 2.12 bits per heavy atom. The highest BCUT2D eigenvalue weighted by atomic mass is 19.1. The minimum absolute atomic E-state index is 0.0275. The molecule has 0 aliphatic carbocycles. The maximum absolute atomic E-state index is 15.0. The van der Waals surface area contributed by atoms with Crippen molar-refractivity contribution in [2.24, 2.45) is 0 Å². The van der Waals surface area contributed by atoms with Crippen molar-refractivity contribution in [1.82, 2.24) is 20.5 Å². The monoisotopic (exact) mass is 460 g/mol. The van der Waals surface area contributed by atoms with Crippen LogP contribution in [0.15, 0.2) is 24.4 Å². The Morgan fingerprint density at radius 3 is 2.85 bits per heavy atom. The van der Waals surface area contributed by atoms with Gasteiger partial charge in [0.15, 0.2) is 0 Å². The van der Waals surface area contributed by atoms with Crippen molar-refractivity contribution >= 4 is 29.2 Å². The van der Waals surface area contributed by atoms with Crippen LogP contribution in [-0.4, -0.2) is 77.1 Å². The van der Waals surface area contributed by atoms with E-state index in [1.54, 1.807) is 17.0 Å². The average molecular weight is 460 g/mol. The Balaban J connectivity index is 1.37. The Bertz CT molecular complexity index is 1020. The fraction of sp³-hybridized carbons (Fsp3) is 0.476. The molecular formula is C21H25FN6O5. The number of anilines is 2. The first-order chi connectivity index (χ1) is 15.9. The molecule has 2 amide bonds. The van der Waals surface area contributed by atoms with E-state index in [0.717, 1.165) is 0 Å². The topological polar surface area (TPSA) is 121 Å². The van der Waals surface area contributed by atoms with E-state index in [1.807, 2.05) is 0 Å². The van der Waals surface area contributed by atoms with Gasteiger partial charge in [-0.25, -0.2) is 14.2 Å². The summed E-state index contributed by atoms with van der Waals surface area (Å²) in [6.45, 7) is 2.99. The maximum Gasteiger partial charge on any atom is 0.414 e. The molecule has 2 aromatic rings. The van der Waals surface area contributed by atoms with E-state index >= 15 is 4.39 Å². The Morgan fingerprint density at radius 1 is 1.27 bits per heavy atom. The average Bonchev–Trinajstić information content (AvgIpc) is 3.35. The molecular weight excluding hydrogens is 435 g/mol. The third kappa shape index (κ3) is 5.45. The number of Topliss-reactive ketones (excluding diaryl/α,β-unsaturated/α-hetero) is 1. The van der Waals surface area contributed by atoms with Gasteiger partial charge in [-0.1, -0.05) is 0 Å². The van der Waals surface area contributed by atoms with E-state index in [1.165, 1.54) is 29.2 Å². The number of carbonyl (C=O) groups excluding carboxylic acids is 3. The molecule has 3 heterocycles. The van der Waals surface area contributed by atoms with Gasteiger partial charge in [0, 0.05) is 19.5 Å². The Labute approximate surface area is 189 Å². The number of ether oxygens (including phenoxy) is 1. The molecule has 33 heavy (non-hydrogen) atoms. The van der Waals surface area contributed by atoms with Crippen molar-refractivity contribution in [3.63, 3.8) is 0 Å². The molecule has 176 valence electrons. The molecule has 12 heteroatoms. The van der Waals surface area contributed by atoms with Crippen molar-refractivity contribution in [3.8, 4) is 0 Å². The molecule has 1 aromatic carbocycles. The minimum Gasteiger partial charge on any atom is -0.444 e. The molecule has 0 saturated carbocycles. The molecule has 0 spiro atoms. The predicted molar refractivity (Wildman–Crippen MR) is 114 cm³/mol. The van der Waals surface area contributed by atoms with Gasteiger partial charge in [-0.3, -0.25) is 14.5 Å². The van der Waals surface area contributed by atoms with Gasteiger partial charge in [-0.2, -0.15) is 15.4 Å². The van der Waals surface area contributed by atoms with E-state index in [0.29, 0.717) is 43.0 Å². The predicted octanol–water partition coefficient (Wildman–Crippen LogP) is 1.46. The summed E-state index contributed by atoms with van der Waals surface area (Å²) in [7, 11) is 0. The molecule has 2 aliphatic heterocycles. The smallest absolute Gasteiger partial charge is 0.414 e. The van der Waals surface area contributed by atoms with Crippen LogP contribution in [0, 0.1) is 5.82 Å². The quantitative estimate of drug-likeness (QED) is 0.659. The molecule has 2 aliphatic rings. The largest absolute Gasteiger partial charge is 0.444 e. The lowest BCUT2D eigenvalue weighted by Crippen LogP contribution is -2.35. The van der Waals surface area contributed by atoms with E-state index in [2.05, 4.69) is 15.4 Å². The summed E-state index contributed by atoms with van der Waals surface area (Å²) >= 11 is 0. The number of nitrogens with one attached hydrogen (secondary N) is 1. The number of cyclic esters (lactones) is 1. The second-order valence-corrected chi connectivity index (χ2v) is 7.95. The first kappa shape index (κ1) is 22.6. The lowest BCUT2D eigenvalue weighted by molar-refractivity contribution is -0.181. The molecule has 2 saturated heterocycles. The summed E-state index contributed by atoms with van der Waals surface area (Å²) in [6, 6.07) is 4.56. The van der Waals surface area contributed by atoms with Crippen LogP contribution in [0.2, 0.25) is 0 Å². The summed E-state index contributed by atoms with van der Waals surface area (Å²) in [5.74, 6) is -0.719. The van der Waals surface area contributed by atoms with Crippen molar-refractivity contribution in [2.75, 3.05) is 42.6 Å². The van der Waals surface area contributed by atoms with E-state index in [9.17, 15) is 14.4 Å². The molecule has 4 rings (SSSR count). The number of ketones is 1. The van der Waals surface area contributed by atoms with Crippen molar-refractivity contribution < 1.29 is 28.3 Å². The van der Waals surface area contributed by atoms with Crippen LogP contribution in [0.1, 0.15) is 25.5 Å². The number of hydrogen-bond donors (Lipinski definition) is 1. The second-order valence-electron chi connectivity index (χ2n) is 7.95. The SMILES string of the molecule is CC(=O)CC[C@H]1CN(c2ccc(N3CCON(C(=O)Cc4cn[nH]n4)CC3)c(F)c2)C(=O)O1. The van der Waals surface area contributed by atoms with Crippen molar-refractivity contribution in [3.05, 3.63) is 35.9 Å². The van der Waals surface area contributed by atoms with Crippen LogP contribution in [-0.2, 0) is 25.6 Å². The minimum atomic E-state index is -0.555. The zero-order valence-corrected chi connectivity index (χ0v) is 18.2. The van der Waals surface area contributed by atoms with E-state index in [-0.39, 0.29) is 37.8 Å². The van der Waals surface area contributed by atoms with Crippen molar-refractivity contribution in [2.45, 2.75) is 32.3 Å². The van der Waals surface area contributed by atoms with Gasteiger partial charge in [0.1, 0.15) is 17.7 Å². The van der Waals surface area contributed by atoms with Crippen LogP contribution in [0.5, 0.6) is 0 Å². The van der Waals surface area contributed by atoms with Crippen LogP contribution in [0.25, 0.3) is 0 Å².